The number of cyclic esters (lactones) is 1. The van der Waals surface area contributed by atoms with E-state index in [2.05, 4.69) is 15.9 Å². The van der Waals surface area contributed by atoms with Crippen molar-refractivity contribution in [2.75, 3.05) is 6.61 Å². The minimum atomic E-state index is -0.823. The molecular formula is C12H11BrO4. The molecule has 0 bridgehead atoms. The van der Waals surface area contributed by atoms with E-state index in [0.717, 1.165) is 10.0 Å². The van der Waals surface area contributed by atoms with Crippen LogP contribution in [-0.4, -0.2) is 24.6 Å². The molecule has 0 N–H and O–H groups in total. The molecule has 1 aliphatic rings. The van der Waals surface area contributed by atoms with E-state index in [1.807, 2.05) is 12.1 Å². The average molecular weight is 299 g/mol. The van der Waals surface area contributed by atoms with Gasteiger partial charge in [-0.1, -0.05) is 22.0 Å². The maximum atomic E-state index is 11.7. The molecule has 0 aliphatic carbocycles. The molecule has 0 saturated heterocycles. The quantitative estimate of drug-likeness (QED) is 0.785. The highest BCUT2D eigenvalue weighted by Crippen LogP contribution is 2.24. The van der Waals surface area contributed by atoms with Crippen molar-refractivity contribution in [1.29, 1.82) is 0 Å². The van der Waals surface area contributed by atoms with Gasteiger partial charge in [-0.15, -0.1) is 0 Å². The highest BCUT2D eigenvalue weighted by atomic mass is 79.9. The van der Waals surface area contributed by atoms with E-state index in [4.69, 9.17) is 9.47 Å². The maximum Gasteiger partial charge on any atom is 0.347 e. The Balaban J connectivity index is 2.25. The zero-order chi connectivity index (χ0) is 12.4. The first-order valence-corrected chi connectivity index (χ1v) is 6.07. The molecule has 4 nitrogen and oxygen atoms in total. The Hall–Kier alpha value is -1.36. The molecule has 1 atom stereocenters. The third kappa shape index (κ3) is 2.49. The van der Waals surface area contributed by atoms with Crippen molar-refractivity contribution in [3.8, 4) is 0 Å². The lowest BCUT2D eigenvalue weighted by Gasteiger charge is -2.23. The predicted molar refractivity (Wildman–Crippen MR) is 63.7 cm³/mol. The van der Waals surface area contributed by atoms with Crippen LogP contribution in [0.15, 0.2) is 22.7 Å². The summed E-state index contributed by atoms with van der Waals surface area (Å²) in [7, 11) is 0. The highest BCUT2D eigenvalue weighted by molar-refractivity contribution is 9.10. The third-order valence-corrected chi connectivity index (χ3v) is 2.99. The van der Waals surface area contributed by atoms with E-state index in [1.165, 1.54) is 0 Å². The molecule has 0 spiro atoms. The zero-order valence-corrected chi connectivity index (χ0v) is 10.8. The van der Waals surface area contributed by atoms with E-state index in [-0.39, 0.29) is 6.61 Å². The van der Waals surface area contributed by atoms with Crippen molar-refractivity contribution >= 4 is 27.9 Å². The highest BCUT2D eigenvalue weighted by Gasteiger charge is 2.32. The molecule has 0 radical (unpaired) electrons. The van der Waals surface area contributed by atoms with Crippen LogP contribution in [0.4, 0.5) is 0 Å². The van der Waals surface area contributed by atoms with Gasteiger partial charge in [0.05, 0.1) is 12.2 Å². The zero-order valence-electron chi connectivity index (χ0n) is 9.23. The lowest BCUT2D eigenvalue weighted by Crippen LogP contribution is -2.35. The van der Waals surface area contributed by atoms with Crippen LogP contribution in [0.3, 0.4) is 0 Å². The van der Waals surface area contributed by atoms with Gasteiger partial charge in [0.15, 0.2) is 0 Å². The molecule has 1 aromatic carbocycles. The first-order chi connectivity index (χ1) is 8.11. The fourth-order valence-corrected chi connectivity index (χ4v) is 2.08. The number of hydrogen-bond donors (Lipinski definition) is 0. The van der Waals surface area contributed by atoms with Crippen LogP contribution in [0.25, 0.3) is 0 Å². The average Bonchev–Trinajstić information content (AvgIpc) is 2.30. The van der Waals surface area contributed by atoms with Gasteiger partial charge in [-0.25, -0.2) is 9.59 Å². The molecule has 1 aliphatic heterocycles. The number of esters is 2. The van der Waals surface area contributed by atoms with E-state index >= 15 is 0 Å². The molecule has 2 rings (SSSR count). The number of fused-ring (bicyclic) bond motifs is 1. The Morgan fingerprint density at radius 3 is 3.06 bits per heavy atom. The number of rotatable bonds is 2. The fourth-order valence-electron chi connectivity index (χ4n) is 1.72. The second kappa shape index (κ2) is 4.87. The second-order valence-electron chi connectivity index (χ2n) is 3.65. The number of ether oxygens (including phenoxy) is 2. The van der Waals surface area contributed by atoms with Crippen molar-refractivity contribution < 1.29 is 19.1 Å². The van der Waals surface area contributed by atoms with Gasteiger partial charge in [-0.05, 0) is 24.6 Å². The van der Waals surface area contributed by atoms with Crippen molar-refractivity contribution in [1.82, 2.24) is 0 Å². The van der Waals surface area contributed by atoms with Gasteiger partial charge in [0.25, 0.3) is 0 Å². The first-order valence-electron chi connectivity index (χ1n) is 5.28. The Kier molecular flexibility index (Phi) is 3.47. The van der Waals surface area contributed by atoms with Gasteiger partial charge in [0, 0.05) is 10.9 Å². The van der Waals surface area contributed by atoms with Crippen LogP contribution in [0.2, 0.25) is 0 Å². The molecule has 0 fully saturated rings. The van der Waals surface area contributed by atoms with Crippen molar-refractivity contribution in [3.63, 3.8) is 0 Å². The minimum Gasteiger partial charge on any atom is -0.463 e. The molecule has 5 heteroatoms. The van der Waals surface area contributed by atoms with Crippen LogP contribution in [-0.2, 0) is 20.7 Å². The number of benzene rings is 1. The molecule has 90 valence electrons. The summed E-state index contributed by atoms with van der Waals surface area (Å²) in [5.41, 5.74) is 1.31. The van der Waals surface area contributed by atoms with Crippen molar-refractivity contribution in [2.45, 2.75) is 19.4 Å². The van der Waals surface area contributed by atoms with Gasteiger partial charge in [-0.2, -0.15) is 0 Å². The summed E-state index contributed by atoms with van der Waals surface area (Å²) in [6.45, 7) is 1.99. The summed E-state index contributed by atoms with van der Waals surface area (Å²) in [4.78, 5) is 23.2. The largest absolute Gasteiger partial charge is 0.463 e. The SMILES string of the molecule is CCOC(=O)C1Cc2ccc(Br)cc2C(=O)O1. The van der Waals surface area contributed by atoms with Crippen LogP contribution >= 0.6 is 15.9 Å². The molecule has 1 heterocycles. The number of halogens is 1. The number of carbonyl (C=O) groups is 2. The summed E-state index contributed by atoms with van der Waals surface area (Å²) >= 11 is 3.29. The topological polar surface area (TPSA) is 52.6 Å². The molecular weight excluding hydrogens is 288 g/mol. The monoisotopic (exact) mass is 298 g/mol. The van der Waals surface area contributed by atoms with Gasteiger partial charge in [0.1, 0.15) is 0 Å². The maximum absolute atomic E-state index is 11.7. The summed E-state index contributed by atoms with van der Waals surface area (Å²) < 4.78 is 10.7. The van der Waals surface area contributed by atoms with Crippen LogP contribution < -0.4 is 0 Å². The number of hydrogen-bond acceptors (Lipinski definition) is 4. The fraction of sp³-hybridized carbons (Fsp3) is 0.333. The molecule has 0 amide bonds. The molecule has 0 saturated carbocycles. The second-order valence-corrected chi connectivity index (χ2v) is 4.57. The Morgan fingerprint density at radius 1 is 1.59 bits per heavy atom. The van der Waals surface area contributed by atoms with E-state index in [9.17, 15) is 9.59 Å². The molecule has 1 aromatic rings. The van der Waals surface area contributed by atoms with Gasteiger partial charge in [0.2, 0.25) is 6.10 Å². The standard InChI is InChI=1S/C12H11BrO4/c1-2-16-12(15)10-5-7-3-4-8(13)6-9(7)11(14)17-10/h3-4,6,10H,2,5H2,1H3. The Bertz CT molecular complexity index is 470. The molecule has 1 unspecified atom stereocenters. The first kappa shape index (κ1) is 12.1. The summed E-state index contributed by atoms with van der Waals surface area (Å²) in [6, 6.07) is 5.34. The molecule has 0 aromatic heterocycles. The summed E-state index contributed by atoms with van der Waals surface area (Å²) in [6.07, 6.45) is -0.455. The normalized spacial score (nSPS) is 18.2. The van der Waals surface area contributed by atoms with E-state index in [1.54, 1.807) is 13.0 Å². The van der Waals surface area contributed by atoms with Crippen LogP contribution in [0, 0.1) is 0 Å². The summed E-state index contributed by atoms with van der Waals surface area (Å²) in [5, 5.41) is 0. The van der Waals surface area contributed by atoms with Gasteiger partial charge < -0.3 is 9.47 Å². The lowest BCUT2D eigenvalue weighted by molar-refractivity contribution is -0.153. The number of carbonyl (C=O) groups excluding carboxylic acids is 2. The third-order valence-electron chi connectivity index (χ3n) is 2.50. The van der Waals surface area contributed by atoms with Crippen molar-refractivity contribution in [3.05, 3.63) is 33.8 Å². The van der Waals surface area contributed by atoms with Gasteiger partial charge in [-0.3, -0.25) is 0 Å². The molecule has 17 heavy (non-hydrogen) atoms. The van der Waals surface area contributed by atoms with Crippen LogP contribution in [0.5, 0.6) is 0 Å². The van der Waals surface area contributed by atoms with E-state index in [0.29, 0.717) is 12.0 Å². The Morgan fingerprint density at radius 2 is 2.35 bits per heavy atom. The van der Waals surface area contributed by atoms with Crippen LogP contribution in [0.1, 0.15) is 22.8 Å². The van der Waals surface area contributed by atoms with Crippen molar-refractivity contribution in [2.24, 2.45) is 0 Å². The minimum absolute atomic E-state index is 0.278. The lowest BCUT2D eigenvalue weighted by atomic mass is 9.99. The van der Waals surface area contributed by atoms with Gasteiger partial charge >= 0.3 is 11.9 Å². The smallest absolute Gasteiger partial charge is 0.347 e. The predicted octanol–water partition coefficient (Wildman–Crippen LogP) is 2.09. The van der Waals surface area contributed by atoms with E-state index < -0.39 is 18.0 Å². The summed E-state index contributed by atoms with van der Waals surface area (Å²) in [5.74, 6) is -0.972. The Labute approximate surface area is 107 Å².